The van der Waals surface area contributed by atoms with E-state index in [1.165, 1.54) is 12.3 Å². The van der Waals surface area contributed by atoms with Crippen LogP contribution in [-0.4, -0.2) is 4.98 Å². The maximum Gasteiger partial charge on any atom is 0.149 e. The van der Waals surface area contributed by atoms with Crippen LogP contribution in [0.25, 0.3) is 0 Å². The van der Waals surface area contributed by atoms with E-state index in [0.717, 1.165) is 11.6 Å². The molecule has 0 aliphatic rings. The third-order valence-electron chi connectivity index (χ3n) is 2.53. The van der Waals surface area contributed by atoms with Crippen molar-refractivity contribution in [2.45, 2.75) is 6.92 Å². The Hall–Kier alpha value is -2.00. The lowest BCUT2D eigenvalue weighted by Gasteiger charge is -2.10. The van der Waals surface area contributed by atoms with Crippen LogP contribution in [0, 0.1) is 29.9 Å². The van der Waals surface area contributed by atoms with Crippen LogP contribution in [0.3, 0.4) is 0 Å². The molecule has 2 aromatic rings. The molecular formula is C13H8BrF2N3. The average molecular weight is 324 g/mol. The zero-order chi connectivity index (χ0) is 14.0. The van der Waals surface area contributed by atoms with Crippen LogP contribution in [0.1, 0.15) is 11.1 Å². The fourth-order valence-electron chi connectivity index (χ4n) is 1.54. The highest BCUT2D eigenvalue weighted by molar-refractivity contribution is 9.10. The van der Waals surface area contributed by atoms with Crippen molar-refractivity contribution in [3.8, 4) is 6.07 Å². The highest BCUT2D eigenvalue weighted by atomic mass is 79.9. The zero-order valence-corrected chi connectivity index (χ0v) is 11.4. The highest BCUT2D eigenvalue weighted by Gasteiger charge is 2.12. The van der Waals surface area contributed by atoms with Gasteiger partial charge in [0.15, 0.2) is 0 Å². The quantitative estimate of drug-likeness (QED) is 0.848. The second-order valence-electron chi connectivity index (χ2n) is 3.83. The third-order valence-corrected chi connectivity index (χ3v) is 3.14. The summed E-state index contributed by atoms with van der Waals surface area (Å²) in [5, 5.41) is 11.7. The van der Waals surface area contributed by atoms with E-state index in [0.29, 0.717) is 5.56 Å². The molecule has 0 radical (unpaired) electrons. The van der Waals surface area contributed by atoms with Gasteiger partial charge in [0.1, 0.15) is 23.5 Å². The van der Waals surface area contributed by atoms with Gasteiger partial charge in [-0.15, -0.1) is 0 Å². The van der Waals surface area contributed by atoms with Gasteiger partial charge >= 0.3 is 0 Å². The first-order chi connectivity index (χ1) is 9.02. The monoisotopic (exact) mass is 323 g/mol. The molecule has 0 fully saturated rings. The number of rotatable bonds is 2. The summed E-state index contributed by atoms with van der Waals surface area (Å²) in [6, 6.07) is 5.70. The topological polar surface area (TPSA) is 48.7 Å². The fraction of sp³-hybridized carbons (Fsp3) is 0.0769. The molecule has 2 rings (SSSR count). The first-order valence-electron chi connectivity index (χ1n) is 5.30. The van der Waals surface area contributed by atoms with Gasteiger partial charge in [-0.1, -0.05) is 0 Å². The van der Waals surface area contributed by atoms with Crippen molar-refractivity contribution in [2.75, 3.05) is 5.32 Å². The predicted molar refractivity (Wildman–Crippen MR) is 71.0 cm³/mol. The summed E-state index contributed by atoms with van der Waals surface area (Å²) in [6.07, 6.45) is 1.51. The minimum Gasteiger partial charge on any atom is -0.337 e. The summed E-state index contributed by atoms with van der Waals surface area (Å²) in [5.74, 6) is -1.21. The van der Waals surface area contributed by atoms with E-state index < -0.39 is 11.6 Å². The lowest BCUT2D eigenvalue weighted by Crippen LogP contribution is -2.01. The van der Waals surface area contributed by atoms with Crippen molar-refractivity contribution in [2.24, 2.45) is 0 Å². The molecule has 0 unspecified atom stereocenters. The molecule has 0 atom stereocenters. The number of nitrogens with zero attached hydrogens (tertiary/aromatic N) is 2. The van der Waals surface area contributed by atoms with Gasteiger partial charge in [0, 0.05) is 12.3 Å². The summed E-state index contributed by atoms with van der Waals surface area (Å²) in [7, 11) is 0. The molecule has 0 saturated carbocycles. The minimum absolute atomic E-state index is 0.0443. The van der Waals surface area contributed by atoms with E-state index in [1.54, 1.807) is 13.0 Å². The molecule has 19 heavy (non-hydrogen) atoms. The summed E-state index contributed by atoms with van der Waals surface area (Å²) >= 11 is 2.98. The smallest absolute Gasteiger partial charge is 0.149 e. The number of aromatic nitrogens is 1. The molecular weight excluding hydrogens is 316 g/mol. The fourth-order valence-corrected chi connectivity index (χ4v) is 1.88. The maximum absolute atomic E-state index is 13.6. The summed E-state index contributed by atoms with van der Waals surface area (Å²) < 4.78 is 26.9. The second-order valence-corrected chi connectivity index (χ2v) is 4.69. The van der Waals surface area contributed by atoms with Crippen molar-refractivity contribution in [3.63, 3.8) is 0 Å². The molecule has 6 heteroatoms. The van der Waals surface area contributed by atoms with Crippen molar-refractivity contribution < 1.29 is 8.78 Å². The SMILES string of the molecule is Cc1ccnc(Nc2cc(Br)c(F)cc2F)c1C#N. The standard InChI is InChI=1S/C13H8BrF2N3/c1-7-2-3-18-13(8(7)6-17)19-12-4-9(14)10(15)5-11(12)16/h2-5H,1H3,(H,18,19). The van der Waals surface area contributed by atoms with Crippen molar-refractivity contribution in [1.29, 1.82) is 5.26 Å². The molecule has 0 amide bonds. The number of halogens is 3. The average Bonchev–Trinajstić information content (AvgIpc) is 2.36. The Morgan fingerprint density at radius 1 is 1.32 bits per heavy atom. The molecule has 1 N–H and O–H groups in total. The van der Waals surface area contributed by atoms with Crippen LogP contribution in [0.4, 0.5) is 20.3 Å². The lowest BCUT2D eigenvalue weighted by molar-refractivity contribution is 0.581. The van der Waals surface area contributed by atoms with Crippen LogP contribution in [0.5, 0.6) is 0 Å². The summed E-state index contributed by atoms with van der Waals surface area (Å²) in [5.41, 5.74) is 1.09. The number of nitrogens with one attached hydrogen (secondary N) is 1. The van der Waals surface area contributed by atoms with Gasteiger partial charge in [-0.05, 0) is 40.5 Å². The highest BCUT2D eigenvalue weighted by Crippen LogP contribution is 2.27. The normalized spacial score (nSPS) is 10.1. The van der Waals surface area contributed by atoms with E-state index in [1.807, 2.05) is 6.07 Å². The molecule has 0 spiro atoms. The Morgan fingerprint density at radius 3 is 2.74 bits per heavy atom. The van der Waals surface area contributed by atoms with Gasteiger partial charge in [-0.25, -0.2) is 13.8 Å². The van der Waals surface area contributed by atoms with Gasteiger partial charge in [0.2, 0.25) is 0 Å². The van der Waals surface area contributed by atoms with Crippen LogP contribution < -0.4 is 5.32 Å². The molecule has 0 saturated heterocycles. The molecule has 1 aromatic carbocycles. The largest absolute Gasteiger partial charge is 0.337 e. The van der Waals surface area contributed by atoms with Crippen LogP contribution in [0.15, 0.2) is 28.9 Å². The first-order valence-corrected chi connectivity index (χ1v) is 6.09. The number of benzene rings is 1. The molecule has 0 bridgehead atoms. The molecule has 1 aromatic heterocycles. The van der Waals surface area contributed by atoms with Crippen molar-refractivity contribution in [1.82, 2.24) is 4.98 Å². The Kier molecular flexibility index (Phi) is 3.76. The van der Waals surface area contributed by atoms with E-state index in [4.69, 9.17) is 5.26 Å². The Morgan fingerprint density at radius 2 is 2.05 bits per heavy atom. The van der Waals surface area contributed by atoms with Gasteiger partial charge in [0.25, 0.3) is 0 Å². The van der Waals surface area contributed by atoms with Crippen LogP contribution >= 0.6 is 15.9 Å². The number of pyridine rings is 1. The second kappa shape index (κ2) is 5.33. The van der Waals surface area contributed by atoms with E-state index in [2.05, 4.69) is 26.2 Å². The molecule has 96 valence electrons. The first kappa shape index (κ1) is 13.4. The number of hydrogen-bond acceptors (Lipinski definition) is 3. The molecule has 0 aliphatic heterocycles. The van der Waals surface area contributed by atoms with E-state index in [-0.39, 0.29) is 16.0 Å². The van der Waals surface area contributed by atoms with Crippen LogP contribution in [0.2, 0.25) is 0 Å². The number of nitriles is 1. The van der Waals surface area contributed by atoms with Crippen molar-refractivity contribution >= 4 is 27.4 Å². The minimum atomic E-state index is -0.757. The zero-order valence-electron chi connectivity index (χ0n) is 9.84. The van der Waals surface area contributed by atoms with Crippen LogP contribution in [-0.2, 0) is 0 Å². The Labute approximate surface area is 117 Å². The molecule has 0 aliphatic carbocycles. The van der Waals surface area contributed by atoms with Gasteiger partial charge in [-0.2, -0.15) is 5.26 Å². The maximum atomic E-state index is 13.6. The van der Waals surface area contributed by atoms with Gasteiger partial charge < -0.3 is 5.32 Å². The number of hydrogen-bond donors (Lipinski definition) is 1. The lowest BCUT2D eigenvalue weighted by atomic mass is 10.1. The number of anilines is 2. The number of aryl methyl sites for hydroxylation is 1. The summed E-state index contributed by atoms with van der Waals surface area (Å²) in [4.78, 5) is 3.99. The predicted octanol–water partition coefficient (Wildman–Crippen LogP) is 4.05. The van der Waals surface area contributed by atoms with E-state index >= 15 is 0 Å². The molecule has 1 heterocycles. The Bertz CT molecular complexity index is 680. The van der Waals surface area contributed by atoms with Gasteiger partial charge in [-0.3, -0.25) is 0 Å². The van der Waals surface area contributed by atoms with Crippen molar-refractivity contribution in [3.05, 3.63) is 51.6 Å². The molecule has 3 nitrogen and oxygen atoms in total. The third kappa shape index (κ3) is 2.71. The summed E-state index contributed by atoms with van der Waals surface area (Å²) in [6.45, 7) is 1.75. The van der Waals surface area contributed by atoms with E-state index in [9.17, 15) is 8.78 Å². The van der Waals surface area contributed by atoms with Gasteiger partial charge in [0.05, 0.1) is 15.7 Å². The Balaban J connectivity index is 2.45.